The minimum Gasteiger partial charge on any atom is -0.455 e. The molecule has 192 valence electrons. The van der Waals surface area contributed by atoms with Crippen LogP contribution in [0.2, 0.25) is 0 Å². The molecule has 1 aliphatic rings. The first-order valence-electron chi connectivity index (χ1n) is 14.2. The molecule has 6 aromatic carbocycles. The number of hydrogen-bond donors (Lipinski definition) is 0. The van der Waals surface area contributed by atoms with E-state index >= 15 is 0 Å². The van der Waals surface area contributed by atoms with Crippen molar-refractivity contribution in [3.63, 3.8) is 0 Å². The van der Waals surface area contributed by atoms with Gasteiger partial charge in [-0.15, -0.1) is 0 Å². The van der Waals surface area contributed by atoms with Gasteiger partial charge in [0.15, 0.2) is 0 Å². The molecule has 0 bridgehead atoms. The average Bonchev–Trinajstić information content (AvgIpc) is 3.44. The molecule has 0 N–H and O–H groups in total. The summed E-state index contributed by atoms with van der Waals surface area (Å²) < 4.78 is 6.83. The number of furan rings is 1. The summed E-state index contributed by atoms with van der Waals surface area (Å²) in [6.07, 6.45) is 6.48. The van der Waals surface area contributed by atoms with E-state index in [1.165, 1.54) is 43.8 Å². The molecule has 0 radical (unpaired) electrons. The molecule has 1 heterocycles. The van der Waals surface area contributed by atoms with Crippen LogP contribution in [0.4, 0.5) is 0 Å². The normalized spacial score (nSPS) is 12.4. The van der Waals surface area contributed by atoms with Gasteiger partial charge in [-0.2, -0.15) is 0 Å². The maximum atomic E-state index is 6.83. The summed E-state index contributed by atoms with van der Waals surface area (Å²) in [4.78, 5) is 0. The van der Waals surface area contributed by atoms with Crippen LogP contribution >= 0.6 is 0 Å². The zero-order valence-electron chi connectivity index (χ0n) is 22.5. The van der Waals surface area contributed by atoms with Crippen molar-refractivity contribution in [1.29, 1.82) is 0 Å². The summed E-state index contributed by atoms with van der Waals surface area (Å²) >= 11 is 0. The van der Waals surface area contributed by atoms with Gasteiger partial charge in [0.25, 0.3) is 0 Å². The van der Waals surface area contributed by atoms with Gasteiger partial charge in [-0.3, -0.25) is 0 Å². The molecular weight excluding hydrogens is 496 g/mol. The number of fused-ring (bicyclic) bond motifs is 4. The number of allylic oxidation sites excluding steroid dienone is 1. The predicted molar refractivity (Wildman–Crippen MR) is 170 cm³/mol. The minimum atomic E-state index is 0.936. The second-order valence-corrected chi connectivity index (χ2v) is 10.7. The van der Waals surface area contributed by atoms with E-state index in [4.69, 9.17) is 4.42 Å². The molecule has 1 nitrogen and oxygen atoms in total. The topological polar surface area (TPSA) is 13.1 Å². The summed E-state index contributed by atoms with van der Waals surface area (Å²) in [7, 11) is 0. The van der Waals surface area contributed by atoms with E-state index < -0.39 is 0 Å². The van der Waals surface area contributed by atoms with Gasteiger partial charge in [0, 0.05) is 33.4 Å². The molecule has 0 saturated carbocycles. The van der Waals surface area contributed by atoms with E-state index in [9.17, 15) is 0 Å². The van der Waals surface area contributed by atoms with E-state index in [-0.39, 0.29) is 0 Å². The van der Waals surface area contributed by atoms with Gasteiger partial charge < -0.3 is 4.42 Å². The molecule has 0 saturated heterocycles. The van der Waals surface area contributed by atoms with Crippen molar-refractivity contribution >= 4 is 27.6 Å². The third-order valence-electron chi connectivity index (χ3n) is 8.21. The van der Waals surface area contributed by atoms with Crippen LogP contribution in [-0.2, 0) is 6.42 Å². The molecule has 41 heavy (non-hydrogen) atoms. The van der Waals surface area contributed by atoms with Crippen LogP contribution in [0.3, 0.4) is 0 Å². The average molecular weight is 523 g/mol. The first-order chi connectivity index (χ1) is 20.3. The second-order valence-electron chi connectivity index (χ2n) is 10.7. The van der Waals surface area contributed by atoms with Gasteiger partial charge in [0.05, 0.1) is 0 Å². The smallest absolute Gasteiger partial charge is 0.142 e. The minimum absolute atomic E-state index is 0.936. The fourth-order valence-electron chi connectivity index (χ4n) is 6.21. The van der Waals surface area contributed by atoms with Gasteiger partial charge in [0.1, 0.15) is 11.5 Å². The lowest BCUT2D eigenvalue weighted by atomic mass is 9.91. The fraction of sp³-hybridized carbons (Fsp3) is 0.0500. The molecule has 8 rings (SSSR count). The molecule has 0 aliphatic heterocycles. The molecular formula is C40H26O. The standard InChI is InChI=1S/C40H26O/c1-3-11-27(12-4-1)29-21-23-34-30(25-29)19-20-31-26-32(22-24-35(31)34)39-37-17-9-10-18-38(37)40(41-39)36-16-8-7-15-33(36)28-13-5-2-6-14-28/h1-5,7-9,11-13,15-17,19-26H,10,18H2. The van der Waals surface area contributed by atoms with Crippen molar-refractivity contribution in [3.05, 3.63) is 151 Å². The summed E-state index contributed by atoms with van der Waals surface area (Å²) in [5.41, 5.74) is 9.28. The lowest BCUT2D eigenvalue weighted by Crippen LogP contribution is -1.94. The van der Waals surface area contributed by atoms with E-state index in [0.717, 1.165) is 46.6 Å². The van der Waals surface area contributed by atoms with E-state index in [1.54, 1.807) is 0 Å². The molecule has 1 aromatic heterocycles. The van der Waals surface area contributed by atoms with E-state index in [1.807, 2.05) is 12.1 Å². The molecule has 0 unspecified atom stereocenters. The molecule has 0 amide bonds. The Bertz CT molecular complexity index is 2080. The van der Waals surface area contributed by atoms with Crippen LogP contribution in [0.15, 0.2) is 132 Å². The summed E-state index contributed by atoms with van der Waals surface area (Å²) in [5.74, 6) is 1.89. The fourth-order valence-corrected chi connectivity index (χ4v) is 6.21. The van der Waals surface area contributed by atoms with E-state index in [0.29, 0.717) is 0 Å². The van der Waals surface area contributed by atoms with Gasteiger partial charge in [0.2, 0.25) is 0 Å². The van der Waals surface area contributed by atoms with Crippen molar-refractivity contribution in [2.24, 2.45) is 0 Å². The Labute approximate surface area is 240 Å². The van der Waals surface area contributed by atoms with Gasteiger partial charge in [-0.05, 0) is 69.8 Å². The highest BCUT2D eigenvalue weighted by molar-refractivity contribution is 6.09. The zero-order chi connectivity index (χ0) is 27.2. The van der Waals surface area contributed by atoms with Crippen molar-refractivity contribution in [1.82, 2.24) is 0 Å². The lowest BCUT2D eigenvalue weighted by Gasteiger charge is -2.10. The van der Waals surface area contributed by atoms with Crippen molar-refractivity contribution in [3.8, 4) is 44.9 Å². The Morgan fingerprint density at radius 2 is 1.32 bits per heavy atom. The Kier molecular flexibility index (Phi) is 5.57. The highest BCUT2D eigenvalue weighted by atomic mass is 16.3. The van der Waals surface area contributed by atoms with Crippen molar-refractivity contribution in [2.45, 2.75) is 12.8 Å². The van der Waals surface area contributed by atoms with Crippen molar-refractivity contribution < 1.29 is 4.42 Å². The Morgan fingerprint density at radius 1 is 0.585 bits per heavy atom. The Balaban J connectivity index is 1.25. The number of hydrogen-bond acceptors (Lipinski definition) is 1. The summed E-state index contributed by atoms with van der Waals surface area (Å²) in [6, 6.07) is 49.4. The Morgan fingerprint density at radius 3 is 2.10 bits per heavy atom. The quantitative estimate of drug-likeness (QED) is 0.210. The first-order valence-corrected chi connectivity index (χ1v) is 14.2. The SMILES string of the molecule is c1cccc(-c2ccccc2-c2oc(-c3ccc4c(ccc5cc(-c6ccccc6)ccc54)c3)c3c2CCC=C3)c#1. The second kappa shape index (κ2) is 9.70. The highest BCUT2D eigenvalue weighted by Crippen LogP contribution is 2.44. The van der Waals surface area contributed by atoms with Crippen LogP contribution in [-0.4, -0.2) is 0 Å². The maximum Gasteiger partial charge on any atom is 0.142 e. The molecule has 0 spiro atoms. The van der Waals surface area contributed by atoms with Gasteiger partial charge in [-0.1, -0.05) is 121 Å². The molecule has 0 atom stereocenters. The molecule has 7 aromatic rings. The monoisotopic (exact) mass is 522 g/mol. The Hall–Kier alpha value is -5.32. The van der Waals surface area contributed by atoms with Crippen LogP contribution in [0, 0.1) is 12.1 Å². The molecule has 1 aliphatic carbocycles. The molecule has 1 heteroatoms. The summed E-state index contributed by atoms with van der Waals surface area (Å²) in [5, 5.41) is 4.98. The van der Waals surface area contributed by atoms with Crippen LogP contribution < -0.4 is 0 Å². The number of rotatable bonds is 4. The highest BCUT2D eigenvalue weighted by Gasteiger charge is 2.24. The summed E-state index contributed by atoms with van der Waals surface area (Å²) in [6.45, 7) is 0. The third-order valence-corrected chi connectivity index (χ3v) is 8.21. The van der Waals surface area contributed by atoms with Gasteiger partial charge in [-0.25, -0.2) is 0 Å². The maximum absolute atomic E-state index is 6.83. The van der Waals surface area contributed by atoms with Crippen LogP contribution in [0.1, 0.15) is 17.5 Å². The van der Waals surface area contributed by atoms with Crippen LogP contribution in [0.25, 0.3) is 72.5 Å². The lowest BCUT2D eigenvalue weighted by molar-refractivity contribution is 0.594. The van der Waals surface area contributed by atoms with Crippen LogP contribution in [0.5, 0.6) is 0 Å². The number of benzene rings is 5. The third kappa shape index (κ3) is 4.05. The largest absolute Gasteiger partial charge is 0.455 e. The zero-order valence-corrected chi connectivity index (χ0v) is 22.5. The van der Waals surface area contributed by atoms with Gasteiger partial charge >= 0.3 is 0 Å². The van der Waals surface area contributed by atoms with Crippen molar-refractivity contribution in [2.75, 3.05) is 0 Å². The first kappa shape index (κ1) is 23.6. The van der Waals surface area contributed by atoms with E-state index in [2.05, 4.69) is 133 Å². The molecule has 0 fully saturated rings. The predicted octanol–water partition coefficient (Wildman–Crippen LogP) is 10.8.